The van der Waals surface area contributed by atoms with E-state index in [0.717, 1.165) is 40.1 Å². The van der Waals surface area contributed by atoms with Crippen LogP contribution in [-0.4, -0.2) is 26.1 Å². The summed E-state index contributed by atoms with van der Waals surface area (Å²) in [5, 5.41) is 4.28. The molecule has 0 saturated carbocycles. The lowest BCUT2D eigenvalue weighted by Crippen LogP contribution is -2.23. The third-order valence-electron chi connectivity index (χ3n) is 4.72. The average Bonchev–Trinajstić information content (AvgIpc) is 3.14. The molecule has 0 spiro atoms. The number of aromatic nitrogens is 3. The van der Waals surface area contributed by atoms with Crippen LogP contribution < -0.4 is 10.9 Å². The van der Waals surface area contributed by atoms with Crippen LogP contribution in [-0.2, 0) is 17.6 Å². The van der Waals surface area contributed by atoms with Gasteiger partial charge in [-0.1, -0.05) is 11.8 Å². The molecule has 0 fully saturated rings. The summed E-state index contributed by atoms with van der Waals surface area (Å²) >= 11 is 4.34. The zero-order valence-corrected chi connectivity index (χ0v) is 17.8. The van der Waals surface area contributed by atoms with Crippen LogP contribution in [0, 0.1) is 13.8 Å². The number of carbonyl (C=O) groups excluding carboxylic acids is 1. The standard InChI is InChI=1S/C18H20N4O2S3/c1-8-9(2)25-17(19-8)20-14(23)10(3)26-18-21-15(24)13-11-6-4-5-7-12(11)27-16(13)22-18/h10H,4-7H2,1-3H3,(H,19,20,23)(H,21,22,24)/t10-/m1/s1. The van der Waals surface area contributed by atoms with Gasteiger partial charge >= 0.3 is 0 Å². The van der Waals surface area contributed by atoms with Gasteiger partial charge in [0.25, 0.3) is 5.56 Å². The highest BCUT2D eigenvalue weighted by Crippen LogP contribution is 2.34. The first-order valence-electron chi connectivity index (χ1n) is 8.88. The highest BCUT2D eigenvalue weighted by molar-refractivity contribution is 8.00. The number of rotatable bonds is 4. The summed E-state index contributed by atoms with van der Waals surface area (Å²) in [6.07, 6.45) is 4.29. The predicted molar refractivity (Wildman–Crippen MR) is 112 cm³/mol. The molecule has 1 atom stereocenters. The topological polar surface area (TPSA) is 87.7 Å². The predicted octanol–water partition coefficient (Wildman–Crippen LogP) is 4.06. The van der Waals surface area contributed by atoms with Crippen molar-refractivity contribution in [2.24, 2.45) is 0 Å². The second-order valence-electron chi connectivity index (χ2n) is 6.67. The molecule has 1 aliphatic rings. The van der Waals surface area contributed by atoms with Gasteiger partial charge in [-0.25, -0.2) is 9.97 Å². The zero-order valence-electron chi connectivity index (χ0n) is 15.3. The molecule has 6 nitrogen and oxygen atoms in total. The third kappa shape index (κ3) is 3.68. The summed E-state index contributed by atoms with van der Waals surface area (Å²) < 4.78 is 0. The molecule has 0 saturated heterocycles. The number of fused-ring (bicyclic) bond motifs is 3. The molecule has 3 aromatic heterocycles. The Balaban J connectivity index is 1.54. The highest BCUT2D eigenvalue weighted by Gasteiger charge is 2.22. The van der Waals surface area contributed by atoms with Crippen LogP contribution in [0.25, 0.3) is 10.2 Å². The molecule has 2 N–H and O–H groups in total. The van der Waals surface area contributed by atoms with Gasteiger partial charge in [-0.3, -0.25) is 9.59 Å². The summed E-state index contributed by atoms with van der Waals surface area (Å²) in [7, 11) is 0. The number of aryl methyl sites for hydroxylation is 4. The van der Waals surface area contributed by atoms with Crippen LogP contribution in [0.3, 0.4) is 0 Å². The van der Waals surface area contributed by atoms with E-state index in [9.17, 15) is 9.59 Å². The number of thioether (sulfide) groups is 1. The number of hydrogen-bond acceptors (Lipinski definition) is 7. The normalized spacial score (nSPS) is 14.9. The molecule has 0 unspecified atom stereocenters. The van der Waals surface area contributed by atoms with E-state index in [2.05, 4.69) is 20.3 Å². The molecule has 0 aromatic carbocycles. The number of thiazole rings is 1. The molecule has 1 amide bonds. The molecule has 0 radical (unpaired) electrons. The quantitative estimate of drug-likeness (QED) is 0.491. The first-order chi connectivity index (χ1) is 12.9. The summed E-state index contributed by atoms with van der Waals surface area (Å²) in [6.45, 7) is 5.70. The Bertz CT molecular complexity index is 1060. The third-order valence-corrected chi connectivity index (χ3v) is 7.88. The average molecular weight is 421 g/mol. The first-order valence-corrected chi connectivity index (χ1v) is 11.4. The minimum atomic E-state index is -0.398. The molecule has 3 heterocycles. The minimum Gasteiger partial charge on any atom is -0.301 e. The van der Waals surface area contributed by atoms with Gasteiger partial charge in [-0.2, -0.15) is 0 Å². The lowest BCUT2D eigenvalue weighted by atomic mass is 9.97. The van der Waals surface area contributed by atoms with Gasteiger partial charge in [-0.15, -0.1) is 22.7 Å². The van der Waals surface area contributed by atoms with Crippen molar-refractivity contribution in [1.29, 1.82) is 0 Å². The second-order valence-corrected chi connectivity index (χ2v) is 10.3. The van der Waals surface area contributed by atoms with Gasteiger partial charge in [0.05, 0.1) is 16.3 Å². The molecule has 9 heteroatoms. The molecule has 27 heavy (non-hydrogen) atoms. The zero-order chi connectivity index (χ0) is 19.1. The molecule has 0 aliphatic heterocycles. The van der Waals surface area contributed by atoms with E-state index in [0.29, 0.717) is 10.3 Å². The molecule has 1 aliphatic carbocycles. The van der Waals surface area contributed by atoms with Crippen LogP contribution in [0.15, 0.2) is 9.95 Å². The van der Waals surface area contributed by atoms with Gasteiger partial charge in [0.2, 0.25) is 5.91 Å². The molecule has 0 bridgehead atoms. The van der Waals surface area contributed by atoms with E-state index in [4.69, 9.17) is 0 Å². The largest absolute Gasteiger partial charge is 0.301 e. The summed E-state index contributed by atoms with van der Waals surface area (Å²) in [5.41, 5.74) is 2.00. The fourth-order valence-electron chi connectivity index (χ4n) is 3.15. The van der Waals surface area contributed by atoms with Gasteiger partial charge in [0.1, 0.15) is 4.83 Å². The number of hydrogen-bond donors (Lipinski definition) is 2. The smallest absolute Gasteiger partial charge is 0.260 e. The number of H-pyrrole nitrogens is 1. The summed E-state index contributed by atoms with van der Waals surface area (Å²) in [5.74, 6) is -0.151. The number of nitrogens with one attached hydrogen (secondary N) is 2. The van der Waals surface area contributed by atoms with Crippen molar-refractivity contribution in [3.05, 3.63) is 31.4 Å². The molecule has 3 aromatic rings. The first kappa shape index (κ1) is 18.6. The fourth-order valence-corrected chi connectivity index (χ4v) is 6.09. The summed E-state index contributed by atoms with van der Waals surface area (Å²) in [4.78, 5) is 40.0. The van der Waals surface area contributed by atoms with Crippen molar-refractivity contribution in [2.45, 2.75) is 56.9 Å². The van der Waals surface area contributed by atoms with E-state index in [1.165, 1.54) is 40.0 Å². The minimum absolute atomic E-state index is 0.0966. The molecule has 4 rings (SSSR count). The van der Waals surface area contributed by atoms with Crippen molar-refractivity contribution in [2.75, 3.05) is 5.32 Å². The van der Waals surface area contributed by atoms with E-state index in [-0.39, 0.29) is 11.5 Å². The Hall–Kier alpha value is -1.71. The van der Waals surface area contributed by atoms with Crippen molar-refractivity contribution in [1.82, 2.24) is 15.0 Å². The van der Waals surface area contributed by atoms with Crippen LogP contribution in [0.1, 0.15) is 40.8 Å². The van der Waals surface area contributed by atoms with Crippen LogP contribution >= 0.6 is 34.4 Å². The lowest BCUT2D eigenvalue weighted by Gasteiger charge is -2.10. The van der Waals surface area contributed by atoms with E-state index in [1.807, 2.05) is 13.8 Å². The van der Waals surface area contributed by atoms with Gasteiger partial charge in [0.15, 0.2) is 10.3 Å². The maximum absolute atomic E-state index is 12.6. The monoisotopic (exact) mass is 420 g/mol. The van der Waals surface area contributed by atoms with Crippen molar-refractivity contribution >= 4 is 55.7 Å². The number of nitrogens with zero attached hydrogens (tertiary/aromatic N) is 2. The van der Waals surface area contributed by atoms with Crippen molar-refractivity contribution in [3.8, 4) is 0 Å². The highest BCUT2D eigenvalue weighted by atomic mass is 32.2. The van der Waals surface area contributed by atoms with Gasteiger partial charge < -0.3 is 10.3 Å². The number of carbonyl (C=O) groups is 1. The Morgan fingerprint density at radius 1 is 1.22 bits per heavy atom. The number of aromatic amines is 1. The molecular formula is C18H20N4O2S3. The van der Waals surface area contributed by atoms with Crippen LogP contribution in [0.2, 0.25) is 0 Å². The second kappa shape index (κ2) is 7.37. The Kier molecular flexibility index (Phi) is 5.09. The Labute approximate surface area is 168 Å². The maximum Gasteiger partial charge on any atom is 0.260 e. The van der Waals surface area contributed by atoms with E-state index < -0.39 is 5.25 Å². The molecular weight excluding hydrogens is 400 g/mol. The maximum atomic E-state index is 12.6. The van der Waals surface area contributed by atoms with Crippen molar-refractivity contribution in [3.63, 3.8) is 0 Å². The fraction of sp³-hybridized carbons (Fsp3) is 0.444. The summed E-state index contributed by atoms with van der Waals surface area (Å²) in [6, 6.07) is 0. The number of anilines is 1. The van der Waals surface area contributed by atoms with Crippen LogP contribution in [0.4, 0.5) is 5.13 Å². The Morgan fingerprint density at radius 3 is 2.74 bits per heavy atom. The van der Waals surface area contributed by atoms with Gasteiger partial charge in [0, 0.05) is 9.75 Å². The van der Waals surface area contributed by atoms with E-state index >= 15 is 0 Å². The Morgan fingerprint density at radius 2 is 2.00 bits per heavy atom. The van der Waals surface area contributed by atoms with Crippen LogP contribution in [0.5, 0.6) is 0 Å². The number of thiophene rings is 1. The van der Waals surface area contributed by atoms with Gasteiger partial charge in [-0.05, 0) is 52.0 Å². The SMILES string of the molecule is Cc1nc(NC(=O)[C@@H](C)Sc2nc3sc4c(c3c(=O)[nH]2)CCCC4)sc1C. The van der Waals surface area contributed by atoms with E-state index in [1.54, 1.807) is 18.3 Å². The molecule has 142 valence electrons. The van der Waals surface area contributed by atoms with Crippen molar-refractivity contribution < 1.29 is 4.79 Å². The lowest BCUT2D eigenvalue weighted by molar-refractivity contribution is -0.115. The number of amides is 1.